The molecule has 1 amide bonds. The zero-order valence-electron chi connectivity index (χ0n) is 15.6. The van der Waals surface area contributed by atoms with Crippen LogP contribution in [-0.2, 0) is 4.79 Å². The Morgan fingerprint density at radius 1 is 0.897 bits per heavy atom. The van der Waals surface area contributed by atoms with Gasteiger partial charge in [0.1, 0.15) is 11.8 Å². The lowest BCUT2D eigenvalue weighted by atomic mass is 10.0. The van der Waals surface area contributed by atoms with E-state index in [9.17, 15) is 14.4 Å². The van der Waals surface area contributed by atoms with Crippen molar-refractivity contribution < 1.29 is 19.1 Å². The highest BCUT2D eigenvalue weighted by molar-refractivity contribution is 7.12. The monoisotopic (exact) mass is 405 g/mol. The van der Waals surface area contributed by atoms with Crippen molar-refractivity contribution in [2.24, 2.45) is 0 Å². The van der Waals surface area contributed by atoms with Crippen molar-refractivity contribution in [1.29, 1.82) is 0 Å². The third-order valence-electron chi connectivity index (χ3n) is 4.89. The van der Waals surface area contributed by atoms with Crippen molar-refractivity contribution in [3.05, 3.63) is 88.1 Å². The van der Waals surface area contributed by atoms with Gasteiger partial charge >= 0.3 is 5.97 Å². The average Bonchev–Trinajstić information content (AvgIpc) is 3.46. The smallest absolute Gasteiger partial charge is 0.334 e. The van der Waals surface area contributed by atoms with Gasteiger partial charge in [0.25, 0.3) is 5.91 Å². The van der Waals surface area contributed by atoms with Gasteiger partial charge in [-0.05, 0) is 48.6 Å². The molecule has 0 radical (unpaired) electrons. The molecule has 5 nitrogen and oxygen atoms in total. The number of nitrogens with zero attached hydrogens (tertiary/aromatic N) is 1. The minimum Gasteiger partial charge on any atom is -0.425 e. The molecular weight excluding hydrogens is 386 g/mol. The molecule has 0 N–H and O–H groups in total. The summed E-state index contributed by atoms with van der Waals surface area (Å²) in [5.41, 5.74) is 1.12. The number of esters is 1. The number of benzene rings is 2. The van der Waals surface area contributed by atoms with Gasteiger partial charge in [0, 0.05) is 17.7 Å². The predicted octanol–water partition coefficient (Wildman–Crippen LogP) is 4.19. The van der Waals surface area contributed by atoms with E-state index in [0.717, 1.165) is 6.42 Å². The van der Waals surface area contributed by atoms with Crippen LogP contribution in [0.5, 0.6) is 5.75 Å². The van der Waals surface area contributed by atoms with Crippen LogP contribution in [0.15, 0.2) is 72.1 Å². The molecule has 0 bridgehead atoms. The number of rotatable bonds is 5. The number of carbonyl (C=O) groups excluding carboxylic acids is 3. The molecule has 0 aliphatic carbocycles. The average molecular weight is 405 g/mol. The van der Waals surface area contributed by atoms with Gasteiger partial charge in [0.2, 0.25) is 0 Å². The van der Waals surface area contributed by atoms with E-state index >= 15 is 0 Å². The Kier molecular flexibility index (Phi) is 5.53. The van der Waals surface area contributed by atoms with Crippen LogP contribution in [0.4, 0.5) is 0 Å². The molecule has 4 rings (SSSR count). The summed E-state index contributed by atoms with van der Waals surface area (Å²) in [6.07, 6.45) is 1.35. The van der Waals surface area contributed by atoms with Gasteiger partial charge in [-0.15, -0.1) is 11.3 Å². The van der Waals surface area contributed by atoms with Crippen LogP contribution >= 0.6 is 11.3 Å². The zero-order valence-corrected chi connectivity index (χ0v) is 16.4. The summed E-state index contributed by atoms with van der Waals surface area (Å²) in [7, 11) is 0. The lowest BCUT2D eigenvalue weighted by Crippen LogP contribution is -2.42. The number of hydrogen-bond acceptors (Lipinski definition) is 5. The maximum atomic E-state index is 12.7. The molecule has 6 heteroatoms. The van der Waals surface area contributed by atoms with E-state index in [1.54, 1.807) is 47.4 Å². The molecule has 1 fully saturated rings. The molecule has 1 aliphatic rings. The van der Waals surface area contributed by atoms with Gasteiger partial charge in [-0.3, -0.25) is 9.59 Å². The maximum Gasteiger partial charge on any atom is 0.334 e. The van der Waals surface area contributed by atoms with E-state index in [1.807, 2.05) is 29.6 Å². The molecule has 1 aliphatic heterocycles. The molecule has 2 heterocycles. The Labute approximate surface area is 172 Å². The maximum absolute atomic E-state index is 12.7. The molecule has 1 saturated heterocycles. The SMILES string of the molecule is O=C(c1ccccc1)c1ccc(OC(=O)[C@@H]2CCCN2C(=O)c2cccs2)cc1. The van der Waals surface area contributed by atoms with E-state index < -0.39 is 12.0 Å². The van der Waals surface area contributed by atoms with Crippen LogP contribution in [0.25, 0.3) is 0 Å². The largest absolute Gasteiger partial charge is 0.425 e. The van der Waals surface area contributed by atoms with Gasteiger partial charge in [0.05, 0.1) is 4.88 Å². The normalized spacial score (nSPS) is 15.9. The minimum absolute atomic E-state index is 0.0908. The number of ether oxygens (including phenoxy) is 1. The summed E-state index contributed by atoms with van der Waals surface area (Å²) in [5, 5.41) is 1.84. The van der Waals surface area contributed by atoms with Gasteiger partial charge in [-0.25, -0.2) is 4.79 Å². The van der Waals surface area contributed by atoms with Crippen LogP contribution in [0.2, 0.25) is 0 Å². The van der Waals surface area contributed by atoms with Crippen LogP contribution < -0.4 is 4.74 Å². The molecule has 0 spiro atoms. The Balaban J connectivity index is 1.43. The van der Waals surface area contributed by atoms with Crippen molar-refractivity contribution in [3.63, 3.8) is 0 Å². The molecule has 146 valence electrons. The number of hydrogen-bond donors (Lipinski definition) is 0. The summed E-state index contributed by atoms with van der Waals surface area (Å²) >= 11 is 1.36. The van der Waals surface area contributed by atoms with E-state index in [2.05, 4.69) is 0 Å². The standard InChI is InChI=1S/C23H19NO4S/c25-21(16-6-2-1-3-7-16)17-10-12-18(13-11-17)28-23(27)19-8-4-14-24(19)22(26)20-9-5-15-29-20/h1-3,5-7,9-13,15,19H,4,8,14H2/t19-/m0/s1. The zero-order chi connectivity index (χ0) is 20.2. The van der Waals surface area contributed by atoms with Crippen molar-refractivity contribution in [2.45, 2.75) is 18.9 Å². The summed E-state index contributed by atoms with van der Waals surface area (Å²) in [6.45, 7) is 0.543. The van der Waals surface area contributed by atoms with Crippen molar-refractivity contribution >= 4 is 29.0 Å². The Morgan fingerprint density at radius 3 is 2.31 bits per heavy atom. The van der Waals surface area contributed by atoms with Crippen LogP contribution in [0, 0.1) is 0 Å². The molecular formula is C23H19NO4S. The fourth-order valence-corrected chi connectivity index (χ4v) is 4.09. The fraction of sp³-hybridized carbons (Fsp3) is 0.174. The highest BCUT2D eigenvalue weighted by Crippen LogP contribution is 2.24. The van der Waals surface area contributed by atoms with Crippen LogP contribution in [0.3, 0.4) is 0 Å². The second-order valence-electron chi connectivity index (χ2n) is 6.77. The Hall–Kier alpha value is -3.25. The summed E-state index contributed by atoms with van der Waals surface area (Å²) in [5.74, 6) is -0.320. The number of thiophene rings is 1. The third kappa shape index (κ3) is 4.12. The summed E-state index contributed by atoms with van der Waals surface area (Å²) in [4.78, 5) is 40.0. The number of likely N-dealkylation sites (tertiary alicyclic amines) is 1. The molecule has 1 aromatic heterocycles. The first-order valence-corrected chi connectivity index (χ1v) is 10.3. The van der Waals surface area contributed by atoms with Crippen molar-refractivity contribution in [2.75, 3.05) is 6.54 Å². The fourth-order valence-electron chi connectivity index (χ4n) is 3.41. The van der Waals surface area contributed by atoms with Gasteiger partial charge in [-0.1, -0.05) is 36.4 Å². The second-order valence-corrected chi connectivity index (χ2v) is 7.72. The Bertz CT molecular complexity index is 1010. The highest BCUT2D eigenvalue weighted by Gasteiger charge is 2.36. The number of carbonyl (C=O) groups is 3. The molecule has 3 aromatic rings. The van der Waals surface area contributed by atoms with E-state index in [1.165, 1.54) is 11.3 Å². The van der Waals surface area contributed by atoms with E-state index in [0.29, 0.717) is 34.7 Å². The first kappa shape index (κ1) is 19.1. The van der Waals surface area contributed by atoms with Crippen molar-refractivity contribution in [3.8, 4) is 5.75 Å². The van der Waals surface area contributed by atoms with Gasteiger partial charge < -0.3 is 9.64 Å². The topological polar surface area (TPSA) is 63.7 Å². The summed E-state index contributed by atoms with van der Waals surface area (Å²) in [6, 6.07) is 18.5. The summed E-state index contributed by atoms with van der Waals surface area (Å²) < 4.78 is 5.50. The first-order valence-electron chi connectivity index (χ1n) is 9.39. The first-order chi connectivity index (χ1) is 14.1. The highest BCUT2D eigenvalue weighted by atomic mass is 32.1. The number of ketones is 1. The molecule has 0 saturated carbocycles. The van der Waals surface area contributed by atoms with Crippen molar-refractivity contribution in [1.82, 2.24) is 4.90 Å². The van der Waals surface area contributed by atoms with Crippen LogP contribution in [0.1, 0.15) is 38.4 Å². The van der Waals surface area contributed by atoms with Crippen LogP contribution in [-0.4, -0.2) is 35.1 Å². The quantitative estimate of drug-likeness (QED) is 0.363. The third-order valence-corrected chi connectivity index (χ3v) is 5.75. The minimum atomic E-state index is -0.588. The predicted molar refractivity (Wildman–Crippen MR) is 110 cm³/mol. The molecule has 0 unspecified atom stereocenters. The second kappa shape index (κ2) is 8.41. The van der Waals surface area contributed by atoms with E-state index in [-0.39, 0.29) is 11.7 Å². The molecule has 29 heavy (non-hydrogen) atoms. The molecule has 1 atom stereocenters. The molecule has 2 aromatic carbocycles. The Morgan fingerprint density at radius 2 is 1.62 bits per heavy atom. The lowest BCUT2D eigenvalue weighted by molar-refractivity contribution is -0.138. The number of amides is 1. The lowest BCUT2D eigenvalue weighted by Gasteiger charge is -2.22. The van der Waals surface area contributed by atoms with Gasteiger partial charge in [0.15, 0.2) is 5.78 Å². The van der Waals surface area contributed by atoms with Gasteiger partial charge in [-0.2, -0.15) is 0 Å². The van der Waals surface area contributed by atoms with E-state index in [4.69, 9.17) is 4.74 Å².